The topological polar surface area (TPSA) is 203 Å². The van der Waals surface area contributed by atoms with Crippen LogP contribution >= 0.6 is 0 Å². The Hall–Kier alpha value is -5.11. The van der Waals surface area contributed by atoms with Gasteiger partial charge in [0.2, 0.25) is 23.6 Å². The lowest BCUT2D eigenvalue weighted by Gasteiger charge is -2.31. The van der Waals surface area contributed by atoms with Gasteiger partial charge in [-0.3, -0.25) is 24.0 Å². The molecule has 5 N–H and O–H groups in total. The minimum Gasteiger partial charge on any atom is -0.458 e. The van der Waals surface area contributed by atoms with E-state index >= 15 is 0 Å². The number of fused-ring (bicyclic) bond motifs is 5. The van der Waals surface area contributed by atoms with Crippen LogP contribution in [0, 0.1) is 5.92 Å². The molecule has 6 rings (SSSR count). The average molecular weight is 701 g/mol. The van der Waals surface area contributed by atoms with Gasteiger partial charge in [0.25, 0.3) is 5.56 Å². The summed E-state index contributed by atoms with van der Waals surface area (Å²) in [6, 6.07) is 7.18. The fraction of sp³-hybridized carbons (Fsp3) is 0.486. The molecule has 1 aliphatic carbocycles. The van der Waals surface area contributed by atoms with Crippen molar-refractivity contribution < 1.29 is 33.8 Å². The van der Waals surface area contributed by atoms with Gasteiger partial charge in [0.1, 0.15) is 18.7 Å². The van der Waals surface area contributed by atoms with Crippen LogP contribution < -0.4 is 21.9 Å². The summed E-state index contributed by atoms with van der Waals surface area (Å²) in [6.45, 7) is 7.09. The molecule has 14 heteroatoms. The number of nitrogens with zero attached hydrogens (tertiary/aromatic N) is 3. The van der Waals surface area contributed by atoms with Gasteiger partial charge in [-0.25, -0.2) is 9.78 Å². The minimum absolute atomic E-state index is 0.0159. The van der Waals surface area contributed by atoms with Crippen LogP contribution in [0.4, 0.5) is 0 Å². The molecule has 270 valence electrons. The highest BCUT2D eigenvalue weighted by Crippen LogP contribution is 2.40. The van der Waals surface area contributed by atoms with Crippen molar-refractivity contribution in [2.45, 2.75) is 103 Å². The largest absolute Gasteiger partial charge is 0.458 e. The first-order chi connectivity index (χ1) is 24.2. The van der Waals surface area contributed by atoms with Crippen molar-refractivity contribution >= 4 is 40.5 Å². The lowest BCUT2D eigenvalue weighted by molar-refractivity contribution is -0.172. The highest BCUT2D eigenvalue weighted by molar-refractivity contribution is 5.95. The summed E-state index contributed by atoms with van der Waals surface area (Å²) in [5, 5.41) is 17.4. The van der Waals surface area contributed by atoms with Gasteiger partial charge in [-0.2, -0.15) is 0 Å². The summed E-state index contributed by atoms with van der Waals surface area (Å²) in [4.78, 5) is 84.3. The number of aliphatic hydroxyl groups is 1. The molecule has 0 bridgehead atoms. The smallest absolute Gasteiger partial charge is 0.343 e. The molecule has 1 saturated carbocycles. The number of rotatable bonds is 13. The van der Waals surface area contributed by atoms with E-state index in [9.17, 15) is 33.9 Å². The van der Waals surface area contributed by atoms with Crippen LogP contribution in [0.15, 0.2) is 35.1 Å². The van der Waals surface area contributed by atoms with Crippen LogP contribution in [0.2, 0.25) is 0 Å². The zero-order valence-corrected chi connectivity index (χ0v) is 29.3. The molecule has 0 saturated heterocycles. The van der Waals surface area contributed by atoms with E-state index in [4.69, 9.17) is 15.5 Å². The fourth-order valence-electron chi connectivity index (χ4n) is 7.31. The number of carbonyl (C=O) groups excluding carboxylic acids is 5. The Balaban J connectivity index is 1.33. The maximum Gasteiger partial charge on any atom is 0.343 e. The molecule has 1 fully saturated rings. The van der Waals surface area contributed by atoms with Gasteiger partial charge in [-0.15, -0.1) is 0 Å². The summed E-state index contributed by atoms with van der Waals surface area (Å²) in [5.41, 5.74) is 7.03. The van der Waals surface area contributed by atoms with E-state index in [0.29, 0.717) is 36.3 Å². The normalized spacial score (nSPS) is 18.7. The number of esters is 1. The Kier molecular flexibility index (Phi) is 9.73. The molecule has 14 nitrogen and oxygen atoms in total. The van der Waals surface area contributed by atoms with Crippen LogP contribution in [0.3, 0.4) is 0 Å². The number of hydrogen-bond donors (Lipinski definition) is 4. The molecule has 4 amide bonds. The number of aromatic nitrogens is 2. The number of nitrogens with one attached hydrogen (secondary N) is 2. The highest BCUT2D eigenvalue weighted by atomic mass is 16.6. The Bertz CT molecular complexity index is 1990. The van der Waals surface area contributed by atoms with Gasteiger partial charge in [0.05, 0.1) is 35.4 Å². The first kappa shape index (κ1) is 35.7. The summed E-state index contributed by atoms with van der Waals surface area (Å²) < 4.78 is 6.83. The molecule has 51 heavy (non-hydrogen) atoms. The number of hydrogen-bond acceptors (Lipinski definition) is 9. The third-order valence-corrected chi connectivity index (χ3v) is 10.0. The van der Waals surface area contributed by atoms with E-state index in [2.05, 4.69) is 10.6 Å². The molecular weight excluding hydrogens is 656 g/mol. The highest BCUT2D eigenvalue weighted by Gasteiger charge is 2.46. The summed E-state index contributed by atoms with van der Waals surface area (Å²) >= 11 is 0. The maximum absolute atomic E-state index is 14.3. The summed E-state index contributed by atoms with van der Waals surface area (Å²) in [5.74, 6) is -2.94. The van der Waals surface area contributed by atoms with Crippen LogP contribution in [0.25, 0.3) is 22.3 Å². The summed E-state index contributed by atoms with van der Waals surface area (Å²) in [6.07, 6.45) is 2.02. The second-order valence-corrected chi connectivity index (χ2v) is 14.2. The molecular formula is C37H44N6O8. The summed E-state index contributed by atoms with van der Waals surface area (Å²) in [7, 11) is 0. The van der Waals surface area contributed by atoms with Gasteiger partial charge >= 0.3 is 5.97 Å². The Morgan fingerprint density at radius 3 is 2.49 bits per heavy atom. The fourth-order valence-corrected chi connectivity index (χ4v) is 7.31. The van der Waals surface area contributed by atoms with Crippen molar-refractivity contribution in [3.63, 3.8) is 0 Å². The number of primary amides is 1. The number of ether oxygens (including phenoxy) is 1. The van der Waals surface area contributed by atoms with Crippen molar-refractivity contribution in [3.8, 4) is 11.4 Å². The molecule has 2 aliphatic heterocycles. The standard InChI is InChI=1S/C37H44N6O8/c1-5-37(50)26-15-30-32-24(17-43(30)34(47)25(26)18-51-36(37)49)22(23-8-6-7-9-27(23)40-32)12-13-42(21-10-11-21)35(48)29(14-19(2)3)41-33(46)28(16-31(38)45)39-20(4)44/h6-9,15,19,21,28-29,50H,5,10-14,16-18H2,1-4H3,(H2,38,45)(H,39,44)(H,41,46)/t28-,29-,37-/m0/s1. The molecule has 0 radical (unpaired) electrons. The van der Waals surface area contributed by atoms with Crippen molar-refractivity contribution in [3.05, 3.63) is 62.9 Å². The van der Waals surface area contributed by atoms with E-state index in [-0.39, 0.29) is 54.1 Å². The SMILES string of the molecule is CC[C@@]1(O)C(=O)OCc2c1cc1n(c2=O)Cc2c-1nc1ccccc1c2CCN(C(=O)[C@H](CC(C)C)NC(=O)[C@H](CC(N)=O)NC(C)=O)C1CC1. The predicted molar refractivity (Wildman–Crippen MR) is 186 cm³/mol. The number of benzene rings is 1. The number of cyclic esters (lactones) is 1. The lowest BCUT2D eigenvalue weighted by Crippen LogP contribution is -2.55. The molecule has 3 aliphatic rings. The number of para-hydroxylation sites is 1. The van der Waals surface area contributed by atoms with Crippen LogP contribution in [-0.4, -0.2) is 73.8 Å². The number of amides is 4. The molecule has 4 heterocycles. The van der Waals surface area contributed by atoms with Gasteiger partial charge in [-0.1, -0.05) is 39.0 Å². The third-order valence-electron chi connectivity index (χ3n) is 10.0. The molecule has 0 unspecified atom stereocenters. The Labute approximate surface area is 294 Å². The van der Waals surface area contributed by atoms with Crippen LogP contribution in [-0.2, 0) is 53.9 Å². The van der Waals surface area contributed by atoms with Crippen LogP contribution in [0.5, 0.6) is 0 Å². The van der Waals surface area contributed by atoms with Gasteiger partial charge in [-0.05, 0) is 55.7 Å². The first-order valence-electron chi connectivity index (χ1n) is 17.5. The van der Waals surface area contributed by atoms with Crippen molar-refractivity contribution in [2.75, 3.05) is 6.54 Å². The van der Waals surface area contributed by atoms with E-state index in [1.165, 1.54) is 6.92 Å². The zero-order chi connectivity index (χ0) is 36.8. The minimum atomic E-state index is -1.94. The van der Waals surface area contributed by atoms with E-state index in [1.807, 2.05) is 38.1 Å². The monoisotopic (exact) mass is 700 g/mol. The second kappa shape index (κ2) is 13.9. The zero-order valence-electron chi connectivity index (χ0n) is 29.3. The van der Waals surface area contributed by atoms with Gasteiger partial charge in [0.15, 0.2) is 5.60 Å². The van der Waals surface area contributed by atoms with Crippen molar-refractivity contribution in [1.82, 2.24) is 25.1 Å². The predicted octanol–water partition coefficient (Wildman–Crippen LogP) is 1.52. The lowest BCUT2D eigenvalue weighted by atomic mass is 9.86. The number of carbonyl (C=O) groups is 5. The van der Waals surface area contributed by atoms with Crippen LogP contribution in [0.1, 0.15) is 82.1 Å². The molecule has 3 atom stereocenters. The third kappa shape index (κ3) is 6.84. The molecule has 1 aromatic carbocycles. The van der Waals surface area contributed by atoms with Gasteiger partial charge in [0, 0.05) is 36.0 Å². The first-order valence-corrected chi connectivity index (χ1v) is 17.5. The van der Waals surface area contributed by atoms with E-state index in [1.54, 1.807) is 22.5 Å². The van der Waals surface area contributed by atoms with E-state index < -0.39 is 47.8 Å². The molecule has 0 spiro atoms. The Morgan fingerprint density at radius 1 is 1.12 bits per heavy atom. The Morgan fingerprint density at radius 2 is 1.84 bits per heavy atom. The van der Waals surface area contributed by atoms with Gasteiger partial charge < -0.3 is 35.7 Å². The van der Waals surface area contributed by atoms with Crippen molar-refractivity contribution in [1.29, 1.82) is 0 Å². The molecule has 2 aromatic heterocycles. The number of nitrogens with two attached hydrogens (primary N) is 1. The van der Waals surface area contributed by atoms with Crippen molar-refractivity contribution in [2.24, 2.45) is 11.7 Å². The quantitative estimate of drug-likeness (QED) is 0.149. The average Bonchev–Trinajstić information content (AvgIpc) is 3.85. The van der Waals surface area contributed by atoms with E-state index in [0.717, 1.165) is 29.4 Å². The maximum atomic E-state index is 14.3. The second-order valence-electron chi connectivity index (χ2n) is 14.2. The molecule has 3 aromatic rings. The number of pyridine rings is 2.